The Bertz CT molecular complexity index is 716. The number of aryl methyl sites for hydroxylation is 1. The normalized spacial score (nSPS) is 23.3. The molecule has 3 rings (SSSR count). The van der Waals surface area contributed by atoms with Crippen molar-refractivity contribution < 1.29 is 9.31 Å². The molecule has 0 radical (unpaired) electrons. The summed E-state index contributed by atoms with van der Waals surface area (Å²) < 4.78 is 15.5. The maximum absolute atomic E-state index is 6.68. The van der Waals surface area contributed by atoms with Gasteiger partial charge in [-0.1, -0.05) is 32.4 Å². The molecule has 1 saturated heterocycles. The van der Waals surface area contributed by atoms with E-state index in [0.717, 1.165) is 6.42 Å². The van der Waals surface area contributed by atoms with Crippen LogP contribution in [0, 0.1) is 0 Å². The first-order valence-corrected chi connectivity index (χ1v) is 8.73. The number of rotatable bonds is 3. The lowest BCUT2D eigenvalue weighted by atomic mass is 9.42. The number of hydrogen-bond donors (Lipinski definition) is 0. The summed E-state index contributed by atoms with van der Waals surface area (Å²) in [5, 5.41) is 1.24. The Kier molecular flexibility index (Phi) is 3.69. The second-order valence-corrected chi connectivity index (χ2v) is 8.16. The van der Waals surface area contributed by atoms with Gasteiger partial charge in [-0.25, -0.2) is 0 Å². The number of nitrogens with zero attached hydrogens (tertiary/aromatic N) is 1. The van der Waals surface area contributed by atoms with Crippen LogP contribution >= 0.6 is 0 Å². The van der Waals surface area contributed by atoms with Crippen LogP contribution in [-0.4, -0.2) is 22.3 Å². The Hall–Kier alpha value is -1.26. The fourth-order valence-corrected chi connectivity index (χ4v) is 3.74. The molecule has 1 fully saturated rings. The molecule has 0 saturated carbocycles. The van der Waals surface area contributed by atoms with E-state index in [0.29, 0.717) is 5.82 Å². The molecule has 0 N–H and O–H groups in total. The van der Waals surface area contributed by atoms with Crippen molar-refractivity contribution >= 4 is 22.9 Å². The standard InChI is InChI=1S/C19H29BNO2/c1-8-14(2)20(22-18(3,4)19(5,6)23-20)16-9-10-17-15(13-16)11-12-21(17)7/h9-14H,8H2,1-7H3/q-1. The molecule has 0 aliphatic carbocycles. The summed E-state index contributed by atoms with van der Waals surface area (Å²) in [5.74, 6) is 0.331. The molecule has 1 aromatic carbocycles. The van der Waals surface area contributed by atoms with E-state index in [4.69, 9.17) is 9.31 Å². The van der Waals surface area contributed by atoms with Gasteiger partial charge in [0.15, 0.2) is 0 Å². The molecule has 3 nitrogen and oxygen atoms in total. The van der Waals surface area contributed by atoms with E-state index >= 15 is 0 Å². The highest BCUT2D eigenvalue weighted by Crippen LogP contribution is 2.46. The lowest BCUT2D eigenvalue weighted by molar-refractivity contribution is 0.00578. The van der Waals surface area contributed by atoms with Gasteiger partial charge in [-0.05, 0) is 45.2 Å². The van der Waals surface area contributed by atoms with Crippen molar-refractivity contribution in [3.63, 3.8) is 0 Å². The first-order chi connectivity index (χ1) is 10.6. The number of hydrogen-bond acceptors (Lipinski definition) is 2. The van der Waals surface area contributed by atoms with Gasteiger partial charge in [0, 0.05) is 30.0 Å². The minimum atomic E-state index is -1.50. The van der Waals surface area contributed by atoms with E-state index in [9.17, 15) is 0 Å². The molecule has 0 amide bonds. The number of aromatic nitrogens is 1. The molecule has 126 valence electrons. The third-order valence-electron chi connectivity index (χ3n) is 6.16. The van der Waals surface area contributed by atoms with E-state index in [1.54, 1.807) is 0 Å². The summed E-state index contributed by atoms with van der Waals surface area (Å²) >= 11 is 0. The molecule has 0 bridgehead atoms. The average Bonchev–Trinajstić information content (AvgIpc) is 2.94. The molecule has 23 heavy (non-hydrogen) atoms. The molecular formula is C19H29BNO2-. The van der Waals surface area contributed by atoms with Gasteiger partial charge in [0.2, 0.25) is 0 Å². The van der Waals surface area contributed by atoms with Gasteiger partial charge in [0.1, 0.15) is 0 Å². The van der Waals surface area contributed by atoms with Gasteiger partial charge < -0.3 is 13.9 Å². The molecule has 1 atom stereocenters. The van der Waals surface area contributed by atoms with Crippen molar-refractivity contribution in [2.45, 2.75) is 65.0 Å². The van der Waals surface area contributed by atoms with E-state index in [1.165, 1.54) is 16.4 Å². The van der Waals surface area contributed by atoms with E-state index in [2.05, 4.69) is 83.6 Å². The lowest BCUT2D eigenvalue weighted by Gasteiger charge is -2.43. The van der Waals surface area contributed by atoms with Gasteiger partial charge >= 0.3 is 0 Å². The Balaban J connectivity index is 2.16. The monoisotopic (exact) mass is 314 g/mol. The van der Waals surface area contributed by atoms with Crippen LogP contribution < -0.4 is 5.46 Å². The van der Waals surface area contributed by atoms with Gasteiger partial charge in [-0.2, -0.15) is 5.46 Å². The summed E-state index contributed by atoms with van der Waals surface area (Å²) in [6.07, 6.45) is 3.13. The van der Waals surface area contributed by atoms with Crippen LogP contribution in [0.3, 0.4) is 0 Å². The van der Waals surface area contributed by atoms with Crippen LogP contribution in [0.4, 0.5) is 0 Å². The molecule has 1 aromatic heterocycles. The quantitative estimate of drug-likeness (QED) is 0.791. The van der Waals surface area contributed by atoms with E-state index in [1.807, 2.05) is 0 Å². The molecule has 2 aromatic rings. The van der Waals surface area contributed by atoms with Gasteiger partial charge in [0.05, 0.1) is 0 Å². The van der Waals surface area contributed by atoms with Crippen molar-refractivity contribution in [2.24, 2.45) is 7.05 Å². The summed E-state index contributed by atoms with van der Waals surface area (Å²) in [6.45, 7) is 11.5. The van der Waals surface area contributed by atoms with Gasteiger partial charge in [0.25, 0.3) is 6.55 Å². The van der Waals surface area contributed by atoms with Crippen molar-refractivity contribution in [1.82, 2.24) is 4.57 Å². The fourth-order valence-electron chi connectivity index (χ4n) is 3.74. The van der Waals surface area contributed by atoms with Gasteiger partial charge in [-0.3, -0.25) is 0 Å². The van der Waals surface area contributed by atoms with Crippen LogP contribution in [0.2, 0.25) is 5.82 Å². The summed E-state index contributed by atoms with van der Waals surface area (Å²) in [5.41, 5.74) is 1.78. The molecular weight excluding hydrogens is 285 g/mol. The molecule has 1 unspecified atom stereocenters. The predicted molar refractivity (Wildman–Crippen MR) is 98.4 cm³/mol. The Morgan fingerprint density at radius 3 is 2.26 bits per heavy atom. The molecule has 0 spiro atoms. The highest BCUT2D eigenvalue weighted by molar-refractivity contribution is 6.83. The number of benzene rings is 1. The summed E-state index contributed by atoms with van der Waals surface area (Å²) in [7, 11) is 2.08. The Morgan fingerprint density at radius 2 is 1.70 bits per heavy atom. The maximum atomic E-state index is 6.68. The highest BCUT2D eigenvalue weighted by Gasteiger charge is 2.53. The van der Waals surface area contributed by atoms with Gasteiger partial charge in [-0.15, -0.1) is 5.82 Å². The predicted octanol–water partition coefficient (Wildman–Crippen LogP) is 4.23. The average molecular weight is 314 g/mol. The summed E-state index contributed by atoms with van der Waals surface area (Å²) in [6, 6.07) is 8.77. The zero-order valence-corrected chi connectivity index (χ0v) is 15.5. The van der Waals surface area contributed by atoms with Crippen molar-refractivity contribution in [3.05, 3.63) is 30.5 Å². The second-order valence-electron chi connectivity index (χ2n) is 8.16. The second kappa shape index (κ2) is 5.12. The van der Waals surface area contributed by atoms with E-state index in [-0.39, 0.29) is 11.2 Å². The smallest absolute Gasteiger partial charge is 0.273 e. The fraction of sp³-hybridized carbons (Fsp3) is 0.579. The third-order valence-corrected chi connectivity index (χ3v) is 6.16. The van der Waals surface area contributed by atoms with Crippen molar-refractivity contribution in [3.8, 4) is 0 Å². The first kappa shape index (κ1) is 16.6. The SMILES string of the molecule is CCC(C)[B-]1(c2ccc3c(ccn3C)c2)OC(C)(C)C(C)(C)O1. The zero-order chi connectivity index (χ0) is 17.0. The molecule has 4 heteroatoms. The van der Waals surface area contributed by atoms with Crippen molar-refractivity contribution in [2.75, 3.05) is 0 Å². The maximum Gasteiger partial charge on any atom is 0.273 e. The minimum absolute atomic E-state index is 0.317. The minimum Gasteiger partial charge on any atom is -0.558 e. The number of fused-ring (bicyclic) bond motifs is 1. The first-order valence-electron chi connectivity index (χ1n) is 8.73. The largest absolute Gasteiger partial charge is 0.558 e. The zero-order valence-electron chi connectivity index (χ0n) is 15.5. The van der Waals surface area contributed by atoms with Crippen LogP contribution in [0.25, 0.3) is 10.9 Å². The molecule has 2 heterocycles. The van der Waals surface area contributed by atoms with Crippen LogP contribution in [0.1, 0.15) is 48.0 Å². The van der Waals surface area contributed by atoms with Crippen LogP contribution in [0.15, 0.2) is 30.5 Å². The topological polar surface area (TPSA) is 23.4 Å². The van der Waals surface area contributed by atoms with Crippen molar-refractivity contribution in [1.29, 1.82) is 0 Å². The lowest BCUT2D eigenvalue weighted by Crippen LogP contribution is -2.54. The van der Waals surface area contributed by atoms with Crippen LogP contribution in [0.5, 0.6) is 0 Å². The molecule has 1 aliphatic rings. The van der Waals surface area contributed by atoms with Crippen LogP contribution in [-0.2, 0) is 16.4 Å². The van der Waals surface area contributed by atoms with E-state index < -0.39 is 6.55 Å². The third kappa shape index (κ3) is 2.35. The molecule has 1 aliphatic heterocycles. The Labute approximate surface area is 139 Å². The Morgan fingerprint density at radius 1 is 1.09 bits per heavy atom. The highest BCUT2D eigenvalue weighted by atomic mass is 16.7. The summed E-state index contributed by atoms with van der Waals surface area (Å²) in [4.78, 5) is 0.